The SMILES string of the molecule is CN1CCN(CCCNC(=O)c2ccccc2NC(=O)c2ccc3ccccc3c2)CC1. The Morgan fingerprint density at radius 3 is 2.38 bits per heavy atom. The summed E-state index contributed by atoms with van der Waals surface area (Å²) in [5, 5.41) is 7.99. The number of benzene rings is 3. The van der Waals surface area contributed by atoms with Crippen molar-refractivity contribution in [3.8, 4) is 0 Å². The summed E-state index contributed by atoms with van der Waals surface area (Å²) >= 11 is 0. The molecule has 0 spiro atoms. The van der Waals surface area contributed by atoms with E-state index in [4.69, 9.17) is 0 Å². The Morgan fingerprint density at radius 2 is 1.56 bits per heavy atom. The lowest BCUT2D eigenvalue weighted by atomic mass is 10.1. The van der Waals surface area contributed by atoms with Crippen LogP contribution in [0.3, 0.4) is 0 Å². The lowest BCUT2D eigenvalue weighted by molar-refractivity contribution is 0.0950. The normalized spacial score (nSPS) is 14.9. The minimum atomic E-state index is -0.230. The van der Waals surface area contributed by atoms with E-state index in [-0.39, 0.29) is 11.8 Å². The van der Waals surface area contributed by atoms with Crippen LogP contribution in [0.4, 0.5) is 5.69 Å². The Bertz CT molecular complexity index is 1090. The number of amides is 2. The van der Waals surface area contributed by atoms with Crippen molar-refractivity contribution in [1.82, 2.24) is 15.1 Å². The van der Waals surface area contributed by atoms with E-state index in [2.05, 4.69) is 27.5 Å². The van der Waals surface area contributed by atoms with E-state index in [0.29, 0.717) is 23.4 Å². The highest BCUT2D eigenvalue weighted by molar-refractivity contribution is 6.10. The molecule has 4 rings (SSSR count). The summed E-state index contributed by atoms with van der Waals surface area (Å²) in [7, 11) is 2.15. The zero-order valence-electron chi connectivity index (χ0n) is 18.5. The molecule has 0 aliphatic carbocycles. The zero-order chi connectivity index (χ0) is 22.3. The van der Waals surface area contributed by atoms with E-state index in [1.807, 2.05) is 48.5 Å². The van der Waals surface area contributed by atoms with Gasteiger partial charge >= 0.3 is 0 Å². The van der Waals surface area contributed by atoms with Crippen molar-refractivity contribution in [3.63, 3.8) is 0 Å². The zero-order valence-corrected chi connectivity index (χ0v) is 18.5. The first-order chi connectivity index (χ1) is 15.6. The monoisotopic (exact) mass is 430 g/mol. The molecule has 1 fully saturated rings. The maximum atomic E-state index is 12.8. The van der Waals surface area contributed by atoms with Crippen molar-refractivity contribution in [2.75, 3.05) is 51.6 Å². The molecule has 32 heavy (non-hydrogen) atoms. The number of para-hydroxylation sites is 1. The maximum Gasteiger partial charge on any atom is 0.255 e. The summed E-state index contributed by atoms with van der Waals surface area (Å²) in [4.78, 5) is 30.4. The van der Waals surface area contributed by atoms with Crippen LogP contribution in [0.5, 0.6) is 0 Å². The molecule has 2 N–H and O–H groups in total. The van der Waals surface area contributed by atoms with Crippen LogP contribution in [-0.4, -0.2) is 67.9 Å². The number of carbonyl (C=O) groups excluding carboxylic acids is 2. The molecular weight excluding hydrogens is 400 g/mol. The van der Waals surface area contributed by atoms with Crippen LogP contribution < -0.4 is 10.6 Å². The van der Waals surface area contributed by atoms with Crippen LogP contribution in [0.1, 0.15) is 27.1 Å². The number of carbonyl (C=O) groups is 2. The van der Waals surface area contributed by atoms with Gasteiger partial charge in [0, 0.05) is 38.3 Å². The molecule has 1 aliphatic heterocycles. The van der Waals surface area contributed by atoms with Crippen molar-refractivity contribution in [3.05, 3.63) is 77.9 Å². The number of rotatable bonds is 7. The maximum absolute atomic E-state index is 12.8. The van der Waals surface area contributed by atoms with Gasteiger partial charge in [0.15, 0.2) is 0 Å². The highest BCUT2D eigenvalue weighted by Crippen LogP contribution is 2.19. The van der Waals surface area contributed by atoms with Crippen LogP contribution in [0, 0.1) is 0 Å². The van der Waals surface area contributed by atoms with Crippen LogP contribution >= 0.6 is 0 Å². The van der Waals surface area contributed by atoms with E-state index in [0.717, 1.165) is 49.9 Å². The molecule has 1 heterocycles. The second-order valence-electron chi connectivity index (χ2n) is 8.32. The van der Waals surface area contributed by atoms with Gasteiger partial charge in [-0.05, 0) is 55.1 Å². The quantitative estimate of drug-likeness (QED) is 0.564. The van der Waals surface area contributed by atoms with Crippen molar-refractivity contribution in [2.45, 2.75) is 6.42 Å². The van der Waals surface area contributed by atoms with Gasteiger partial charge < -0.3 is 20.4 Å². The molecule has 3 aromatic rings. The Kier molecular flexibility index (Phi) is 7.14. The summed E-state index contributed by atoms with van der Waals surface area (Å²) < 4.78 is 0. The predicted octanol–water partition coefficient (Wildman–Crippen LogP) is 3.46. The summed E-state index contributed by atoms with van der Waals surface area (Å²) in [6.07, 6.45) is 0.904. The van der Waals surface area contributed by atoms with Gasteiger partial charge in [0.05, 0.1) is 11.3 Å². The third-order valence-electron chi connectivity index (χ3n) is 5.96. The fourth-order valence-corrected chi connectivity index (χ4v) is 3.99. The molecule has 6 nitrogen and oxygen atoms in total. The number of nitrogens with one attached hydrogen (secondary N) is 2. The van der Waals surface area contributed by atoms with Crippen LogP contribution in [0.25, 0.3) is 10.8 Å². The first-order valence-corrected chi connectivity index (χ1v) is 11.2. The van der Waals surface area contributed by atoms with Gasteiger partial charge in [0.1, 0.15) is 0 Å². The number of nitrogens with zero attached hydrogens (tertiary/aromatic N) is 2. The molecule has 0 bridgehead atoms. The Labute approximate surface area is 189 Å². The van der Waals surface area contributed by atoms with E-state index < -0.39 is 0 Å². The van der Waals surface area contributed by atoms with Gasteiger partial charge in [0.25, 0.3) is 11.8 Å². The van der Waals surface area contributed by atoms with Crippen molar-refractivity contribution in [2.24, 2.45) is 0 Å². The third-order valence-corrected chi connectivity index (χ3v) is 5.96. The van der Waals surface area contributed by atoms with Gasteiger partial charge in [-0.1, -0.05) is 42.5 Å². The summed E-state index contributed by atoms with van der Waals surface area (Å²) in [6, 6.07) is 20.7. The molecular formula is C26H30N4O2. The third kappa shape index (κ3) is 5.52. The summed E-state index contributed by atoms with van der Waals surface area (Å²) in [5.74, 6) is -0.399. The fourth-order valence-electron chi connectivity index (χ4n) is 3.99. The largest absolute Gasteiger partial charge is 0.352 e. The van der Waals surface area contributed by atoms with E-state index in [1.165, 1.54) is 0 Å². The predicted molar refractivity (Wildman–Crippen MR) is 129 cm³/mol. The number of likely N-dealkylation sites (N-methyl/N-ethyl adjacent to an activating group) is 1. The number of anilines is 1. The van der Waals surface area contributed by atoms with E-state index in [1.54, 1.807) is 18.2 Å². The van der Waals surface area contributed by atoms with Gasteiger partial charge in [-0.2, -0.15) is 0 Å². The summed E-state index contributed by atoms with van der Waals surface area (Å²) in [5.41, 5.74) is 1.55. The molecule has 6 heteroatoms. The van der Waals surface area contributed by atoms with Crippen molar-refractivity contribution in [1.29, 1.82) is 0 Å². The van der Waals surface area contributed by atoms with Crippen molar-refractivity contribution < 1.29 is 9.59 Å². The Hall–Kier alpha value is -3.22. The molecule has 0 radical (unpaired) electrons. The van der Waals surface area contributed by atoms with E-state index >= 15 is 0 Å². The van der Waals surface area contributed by atoms with Crippen molar-refractivity contribution >= 4 is 28.3 Å². The highest BCUT2D eigenvalue weighted by atomic mass is 16.2. The molecule has 0 saturated carbocycles. The Balaban J connectivity index is 1.34. The molecule has 3 aromatic carbocycles. The standard InChI is InChI=1S/C26H30N4O2/c1-29-15-17-30(18-16-29)14-6-13-27-26(32)23-9-4-5-10-24(23)28-25(31)22-12-11-20-7-2-3-8-21(20)19-22/h2-5,7-12,19H,6,13-18H2,1H3,(H,27,32)(H,28,31). The van der Waals surface area contributed by atoms with E-state index in [9.17, 15) is 9.59 Å². The molecule has 0 aromatic heterocycles. The molecule has 1 aliphatic rings. The average molecular weight is 431 g/mol. The number of hydrogen-bond donors (Lipinski definition) is 2. The topological polar surface area (TPSA) is 64.7 Å². The van der Waals surface area contributed by atoms with Crippen LogP contribution in [-0.2, 0) is 0 Å². The van der Waals surface area contributed by atoms with Crippen LogP contribution in [0.15, 0.2) is 66.7 Å². The number of piperazine rings is 1. The first-order valence-electron chi connectivity index (χ1n) is 11.2. The lowest BCUT2D eigenvalue weighted by Gasteiger charge is -2.32. The van der Waals surface area contributed by atoms with Crippen LogP contribution in [0.2, 0.25) is 0 Å². The molecule has 0 atom stereocenters. The minimum absolute atomic E-state index is 0.169. The van der Waals surface area contributed by atoms with Gasteiger partial charge in [-0.25, -0.2) is 0 Å². The smallest absolute Gasteiger partial charge is 0.255 e. The lowest BCUT2D eigenvalue weighted by Crippen LogP contribution is -2.45. The van der Waals surface area contributed by atoms with Gasteiger partial charge in [0.2, 0.25) is 0 Å². The fraction of sp³-hybridized carbons (Fsp3) is 0.308. The highest BCUT2D eigenvalue weighted by Gasteiger charge is 2.15. The first kappa shape index (κ1) is 22.0. The second-order valence-corrected chi connectivity index (χ2v) is 8.32. The van der Waals surface area contributed by atoms with Gasteiger partial charge in [-0.3, -0.25) is 9.59 Å². The second kappa shape index (κ2) is 10.4. The molecule has 2 amide bonds. The molecule has 1 saturated heterocycles. The Morgan fingerprint density at radius 1 is 0.844 bits per heavy atom. The number of fused-ring (bicyclic) bond motifs is 1. The number of hydrogen-bond acceptors (Lipinski definition) is 4. The van der Waals surface area contributed by atoms with Gasteiger partial charge in [-0.15, -0.1) is 0 Å². The molecule has 166 valence electrons. The average Bonchev–Trinajstić information content (AvgIpc) is 2.83. The minimum Gasteiger partial charge on any atom is -0.352 e. The molecule has 0 unspecified atom stereocenters. The summed E-state index contributed by atoms with van der Waals surface area (Å²) in [6.45, 7) is 5.93.